The first-order valence-electron chi connectivity index (χ1n) is 9.68. The molecular formula is C19H30BN3O5. The van der Waals surface area contributed by atoms with Crippen molar-refractivity contribution in [2.75, 3.05) is 13.1 Å². The van der Waals surface area contributed by atoms with Crippen molar-refractivity contribution in [2.24, 2.45) is 0 Å². The number of carbonyl (C=O) groups excluding carboxylic acids is 1. The highest BCUT2D eigenvalue weighted by Crippen LogP contribution is 2.36. The Bertz CT molecular complexity index is 701. The molecule has 1 aromatic heterocycles. The highest BCUT2D eigenvalue weighted by Gasteiger charge is 2.52. The zero-order chi connectivity index (χ0) is 20.7. The molecule has 1 atom stereocenters. The summed E-state index contributed by atoms with van der Waals surface area (Å²) in [6, 6.07) is 0.274. The molecule has 0 aliphatic carbocycles. The molecule has 0 radical (unpaired) electrons. The molecule has 2 aliphatic heterocycles. The Kier molecular flexibility index (Phi) is 5.35. The van der Waals surface area contributed by atoms with E-state index in [1.807, 2.05) is 48.5 Å². The minimum absolute atomic E-state index is 0.157. The van der Waals surface area contributed by atoms with E-state index in [0.29, 0.717) is 19.5 Å². The molecule has 0 spiro atoms. The average molecular weight is 391 g/mol. The number of likely N-dealkylation sites (tertiary alicyclic amines) is 1. The summed E-state index contributed by atoms with van der Waals surface area (Å²) in [6.45, 7) is 14.6. The first-order valence-corrected chi connectivity index (χ1v) is 9.68. The molecule has 2 saturated heterocycles. The summed E-state index contributed by atoms with van der Waals surface area (Å²) >= 11 is 0. The molecule has 0 saturated carbocycles. The molecule has 2 fully saturated rings. The van der Waals surface area contributed by atoms with Crippen molar-refractivity contribution in [2.45, 2.75) is 77.8 Å². The standard InChI is InChI=1S/C19H30BN3O5/c1-17(2,3)26-16(24)23-9-8-14(12-23)25-15-21-10-13(11-22-15)20-27-18(4,5)19(6,7)28-20/h10-11,14H,8-9,12H2,1-7H3. The average Bonchev–Trinajstić information content (AvgIpc) is 3.09. The molecule has 8 nitrogen and oxygen atoms in total. The largest absolute Gasteiger partial charge is 0.498 e. The SMILES string of the molecule is CC(C)(C)OC(=O)N1CCC(Oc2ncc(B3OC(C)(C)C(C)(C)O3)cn2)C1. The van der Waals surface area contributed by atoms with Crippen LogP contribution < -0.4 is 10.2 Å². The number of amides is 1. The number of rotatable bonds is 3. The quantitative estimate of drug-likeness (QED) is 0.731. The van der Waals surface area contributed by atoms with E-state index in [9.17, 15) is 4.79 Å². The lowest BCUT2D eigenvalue weighted by Crippen LogP contribution is -2.41. The van der Waals surface area contributed by atoms with Crippen LogP contribution in [0.2, 0.25) is 0 Å². The summed E-state index contributed by atoms with van der Waals surface area (Å²) in [6.07, 6.45) is 3.54. The Balaban J connectivity index is 1.55. The van der Waals surface area contributed by atoms with Gasteiger partial charge in [0.15, 0.2) is 0 Å². The van der Waals surface area contributed by atoms with Gasteiger partial charge in [-0.3, -0.25) is 0 Å². The second-order valence-electron chi connectivity index (χ2n) is 9.34. The second-order valence-corrected chi connectivity index (χ2v) is 9.34. The predicted molar refractivity (Wildman–Crippen MR) is 105 cm³/mol. The van der Waals surface area contributed by atoms with Crippen LogP contribution in [0.4, 0.5) is 4.79 Å². The number of nitrogens with zero attached hydrogens (tertiary/aromatic N) is 3. The summed E-state index contributed by atoms with van der Waals surface area (Å²) in [5.74, 6) is 0. The minimum atomic E-state index is -0.511. The number of aromatic nitrogens is 2. The topological polar surface area (TPSA) is 83.0 Å². The van der Waals surface area contributed by atoms with Crippen LogP contribution in [0.5, 0.6) is 6.01 Å². The van der Waals surface area contributed by atoms with Crippen LogP contribution in [0.1, 0.15) is 54.9 Å². The number of hydrogen-bond donors (Lipinski definition) is 0. The Labute approximate surface area is 167 Å². The zero-order valence-corrected chi connectivity index (χ0v) is 17.8. The van der Waals surface area contributed by atoms with E-state index in [2.05, 4.69) is 9.97 Å². The number of ether oxygens (including phenoxy) is 2. The minimum Gasteiger partial charge on any atom is -0.458 e. The van der Waals surface area contributed by atoms with Crippen LogP contribution in [0.3, 0.4) is 0 Å². The van der Waals surface area contributed by atoms with Crippen LogP contribution in [0.25, 0.3) is 0 Å². The van der Waals surface area contributed by atoms with E-state index in [-0.39, 0.29) is 18.2 Å². The maximum absolute atomic E-state index is 12.1. The van der Waals surface area contributed by atoms with E-state index in [0.717, 1.165) is 5.46 Å². The normalized spacial score (nSPS) is 23.8. The van der Waals surface area contributed by atoms with Crippen molar-refractivity contribution >= 4 is 18.7 Å². The fourth-order valence-corrected chi connectivity index (χ4v) is 2.95. The molecule has 154 valence electrons. The molecule has 0 aromatic carbocycles. The Morgan fingerprint density at radius 2 is 1.75 bits per heavy atom. The third-order valence-electron chi connectivity index (χ3n) is 5.24. The molecule has 28 heavy (non-hydrogen) atoms. The number of carbonyl (C=O) groups is 1. The lowest BCUT2D eigenvalue weighted by molar-refractivity contribution is 0.00578. The summed E-state index contributed by atoms with van der Waals surface area (Å²) < 4.78 is 23.2. The van der Waals surface area contributed by atoms with Crippen LogP contribution in [-0.2, 0) is 14.0 Å². The van der Waals surface area contributed by atoms with Crippen molar-refractivity contribution in [3.63, 3.8) is 0 Å². The van der Waals surface area contributed by atoms with Crippen molar-refractivity contribution in [3.8, 4) is 6.01 Å². The summed E-state index contributed by atoms with van der Waals surface area (Å²) in [7, 11) is -0.506. The lowest BCUT2D eigenvalue weighted by atomic mass is 9.81. The van der Waals surface area contributed by atoms with Gasteiger partial charge in [-0.25, -0.2) is 14.8 Å². The van der Waals surface area contributed by atoms with Crippen molar-refractivity contribution in [1.29, 1.82) is 0 Å². The lowest BCUT2D eigenvalue weighted by Gasteiger charge is -2.32. The van der Waals surface area contributed by atoms with Gasteiger partial charge >= 0.3 is 19.2 Å². The molecule has 2 aliphatic rings. The van der Waals surface area contributed by atoms with E-state index >= 15 is 0 Å². The highest BCUT2D eigenvalue weighted by molar-refractivity contribution is 6.61. The third kappa shape index (κ3) is 4.58. The van der Waals surface area contributed by atoms with Gasteiger partial charge in [0.2, 0.25) is 0 Å². The Morgan fingerprint density at radius 1 is 1.18 bits per heavy atom. The molecule has 3 rings (SSSR count). The van der Waals surface area contributed by atoms with Crippen molar-refractivity contribution in [1.82, 2.24) is 14.9 Å². The van der Waals surface area contributed by atoms with E-state index in [1.165, 1.54) is 0 Å². The maximum atomic E-state index is 12.1. The van der Waals surface area contributed by atoms with Gasteiger partial charge in [-0.1, -0.05) is 0 Å². The van der Waals surface area contributed by atoms with E-state index in [1.54, 1.807) is 17.3 Å². The molecule has 0 N–H and O–H groups in total. The van der Waals surface area contributed by atoms with Gasteiger partial charge in [0.05, 0.1) is 17.7 Å². The summed E-state index contributed by atoms with van der Waals surface area (Å²) in [4.78, 5) is 22.4. The molecule has 0 bridgehead atoms. The summed E-state index contributed by atoms with van der Waals surface area (Å²) in [5.41, 5.74) is -0.598. The molecule has 3 heterocycles. The molecular weight excluding hydrogens is 361 g/mol. The molecule has 1 amide bonds. The van der Waals surface area contributed by atoms with Gasteiger partial charge in [0.25, 0.3) is 0 Å². The van der Waals surface area contributed by atoms with Gasteiger partial charge in [0.1, 0.15) is 11.7 Å². The van der Waals surface area contributed by atoms with Crippen molar-refractivity contribution < 1.29 is 23.6 Å². The molecule has 1 aromatic rings. The fourth-order valence-electron chi connectivity index (χ4n) is 2.95. The first kappa shape index (κ1) is 20.9. The van der Waals surface area contributed by atoms with Crippen molar-refractivity contribution in [3.05, 3.63) is 12.4 Å². The van der Waals surface area contributed by atoms with Crippen LogP contribution in [-0.4, -0.2) is 64.1 Å². The van der Waals surface area contributed by atoms with Gasteiger partial charge in [-0.15, -0.1) is 0 Å². The highest BCUT2D eigenvalue weighted by atomic mass is 16.7. The molecule has 9 heteroatoms. The second kappa shape index (κ2) is 7.19. The third-order valence-corrected chi connectivity index (χ3v) is 5.24. The maximum Gasteiger partial charge on any atom is 0.498 e. The van der Waals surface area contributed by atoms with E-state index < -0.39 is 23.9 Å². The van der Waals surface area contributed by atoms with Gasteiger partial charge < -0.3 is 23.7 Å². The number of hydrogen-bond acceptors (Lipinski definition) is 7. The zero-order valence-electron chi connectivity index (χ0n) is 17.8. The summed E-state index contributed by atoms with van der Waals surface area (Å²) in [5, 5.41) is 0. The van der Waals surface area contributed by atoms with Gasteiger partial charge in [0, 0.05) is 30.8 Å². The Hall–Kier alpha value is -1.87. The van der Waals surface area contributed by atoms with Crippen LogP contribution in [0, 0.1) is 0 Å². The van der Waals surface area contributed by atoms with Gasteiger partial charge in [-0.2, -0.15) is 0 Å². The monoisotopic (exact) mass is 391 g/mol. The Morgan fingerprint density at radius 3 is 2.29 bits per heavy atom. The van der Waals surface area contributed by atoms with E-state index in [4.69, 9.17) is 18.8 Å². The van der Waals surface area contributed by atoms with Crippen LogP contribution in [0.15, 0.2) is 12.4 Å². The predicted octanol–water partition coefficient (Wildman–Crippen LogP) is 2.16. The first-order chi connectivity index (χ1) is 12.9. The van der Waals surface area contributed by atoms with Crippen LogP contribution >= 0.6 is 0 Å². The smallest absolute Gasteiger partial charge is 0.458 e. The fraction of sp³-hybridized carbons (Fsp3) is 0.737. The van der Waals surface area contributed by atoms with Gasteiger partial charge in [-0.05, 0) is 48.5 Å². The molecule has 1 unspecified atom stereocenters.